The minimum atomic E-state index is 0.0797. The van der Waals surface area contributed by atoms with E-state index >= 15 is 0 Å². The van der Waals surface area contributed by atoms with E-state index in [0.717, 1.165) is 24.1 Å². The summed E-state index contributed by atoms with van der Waals surface area (Å²) in [4.78, 5) is 13.5. The summed E-state index contributed by atoms with van der Waals surface area (Å²) in [5.41, 5.74) is 3.06. The van der Waals surface area contributed by atoms with E-state index < -0.39 is 0 Å². The number of fused-ring (bicyclic) bond motifs is 1. The molecule has 0 spiro atoms. The highest BCUT2D eigenvalue weighted by molar-refractivity contribution is 5.94. The normalized spacial score (nSPS) is 14.6. The van der Waals surface area contributed by atoms with Gasteiger partial charge in [0.25, 0.3) is 0 Å². The van der Waals surface area contributed by atoms with E-state index in [9.17, 15) is 4.79 Å². The van der Waals surface area contributed by atoms with Crippen LogP contribution < -0.4 is 4.90 Å². The van der Waals surface area contributed by atoms with Crippen LogP contribution in [0.3, 0.4) is 0 Å². The lowest BCUT2D eigenvalue weighted by Crippen LogP contribution is -2.25. The number of anilines is 1. The molecule has 0 aliphatic carbocycles. The van der Waals surface area contributed by atoms with Gasteiger partial charge in [-0.3, -0.25) is 4.79 Å². The van der Waals surface area contributed by atoms with E-state index in [1.165, 1.54) is 5.56 Å². The molecule has 1 aromatic carbocycles. The number of hydrogen-bond acceptors (Lipinski definition) is 2. The van der Waals surface area contributed by atoms with E-state index in [0.29, 0.717) is 12.8 Å². The van der Waals surface area contributed by atoms with Crippen molar-refractivity contribution in [3.8, 4) is 11.8 Å². The van der Waals surface area contributed by atoms with Gasteiger partial charge in [-0.05, 0) is 30.5 Å². The number of aliphatic hydroxyl groups is 1. The van der Waals surface area contributed by atoms with Crippen molar-refractivity contribution in [2.75, 3.05) is 18.6 Å². The molecule has 0 radical (unpaired) electrons. The molecule has 94 valence electrons. The van der Waals surface area contributed by atoms with Crippen molar-refractivity contribution in [3.63, 3.8) is 0 Å². The van der Waals surface area contributed by atoms with Gasteiger partial charge in [-0.25, -0.2) is 0 Å². The number of rotatable bonds is 1. The molecule has 1 aromatic rings. The number of hydrogen-bond donors (Lipinski definition) is 1. The minimum absolute atomic E-state index is 0.0797. The highest BCUT2D eigenvalue weighted by Crippen LogP contribution is 2.26. The van der Waals surface area contributed by atoms with Gasteiger partial charge in [0.15, 0.2) is 0 Å². The Kier molecular flexibility index (Phi) is 4.01. The molecule has 1 aliphatic heterocycles. The van der Waals surface area contributed by atoms with Gasteiger partial charge in [0, 0.05) is 31.1 Å². The topological polar surface area (TPSA) is 40.5 Å². The number of carbonyl (C=O) groups excluding carboxylic acids is 1. The first-order valence-corrected chi connectivity index (χ1v) is 6.21. The molecule has 3 heteroatoms. The molecule has 1 heterocycles. The van der Waals surface area contributed by atoms with Crippen LogP contribution in [-0.2, 0) is 11.2 Å². The summed E-state index contributed by atoms with van der Waals surface area (Å²) in [6, 6.07) is 5.99. The molecule has 0 fully saturated rings. The van der Waals surface area contributed by atoms with Crippen molar-refractivity contribution in [1.82, 2.24) is 0 Å². The lowest BCUT2D eigenvalue weighted by molar-refractivity contribution is -0.118. The predicted molar refractivity (Wildman–Crippen MR) is 71.4 cm³/mol. The molecule has 0 atom stereocenters. The fraction of sp³-hybridized carbons (Fsp3) is 0.400. The first-order chi connectivity index (χ1) is 8.72. The van der Waals surface area contributed by atoms with Gasteiger partial charge in [0.05, 0.1) is 6.61 Å². The average molecular weight is 243 g/mol. The molecule has 1 aliphatic rings. The van der Waals surface area contributed by atoms with Crippen molar-refractivity contribution in [2.24, 2.45) is 0 Å². The van der Waals surface area contributed by atoms with Crippen LogP contribution in [0.5, 0.6) is 0 Å². The fourth-order valence-electron chi connectivity index (χ4n) is 2.12. The largest absolute Gasteiger partial charge is 0.395 e. The molecule has 0 unspecified atom stereocenters. The molecular weight excluding hydrogens is 226 g/mol. The molecular formula is C15H17NO2. The smallest absolute Gasteiger partial charge is 0.226 e. The third-order valence-corrected chi connectivity index (χ3v) is 3.13. The van der Waals surface area contributed by atoms with Crippen LogP contribution in [0.4, 0.5) is 5.69 Å². The zero-order valence-corrected chi connectivity index (χ0v) is 10.6. The van der Waals surface area contributed by atoms with Crippen LogP contribution >= 0.6 is 0 Å². The van der Waals surface area contributed by atoms with E-state index in [1.807, 2.05) is 25.2 Å². The molecule has 0 aromatic heterocycles. The first-order valence-electron chi connectivity index (χ1n) is 6.21. The van der Waals surface area contributed by atoms with Gasteiger partial charge in [-0.2, -0.15) is 0 Å². The Morgan fingerprint density at radius 1 is 1.39 bits per heavy atom. The number of benzene rings is 1. The van der Waals surface area contributed by atoms with Gasteiger partial charge in [0.1, 0.15) is 0 Å². The third-order valence-electron chi connectivity index (χ3n) is 3.13. The molecule has 0 saturated carbocycles. The van der Waals surface area contributed by atoms with Crippen LogP contribution in [0.25, 0.3) is 0 Å². The molecule has 1 amide bonds. The summed E-state index contributed by atoms with van der Waals surface area (Å²) in [5, 5.41) is 8.69. The maximum Gasteiger partial charge on any atom is 0.226 e. The Morgan fingerprint density at radius 3 is 3.00 bits per heavy atom. The number of aryl methyl sites for hydroxylation is 1. The highest BCUT2D eigenvalue weighted by atomic mass is 16.2. The van der Waals surface area contributed by atoms with Crippen LogP contribution in [0.2, 0.25) is 0 Å². The minimum Gasteiger partial charge on any atom is -0.395 e. The summed E-state index contributed by atoms with van der Waals surface area (Å²) in [6.45, 7) is 0.0797. The quantitative estimate of drug-likeness (QED) is 0.763. The Balaban J connectivity index is 2.33. The molecule has 18 heavy (non-hydrogen) atoms. The zero-order valence-electron chi connectivity index (χ0n) is 10.6. The number of amides is 1. The lowest BCUT2D eigenvalue weighted by Gasteiger charge is -2.17. The van der Waals surface area contributed by atoms with Crippen LogP contribution in [0.15, 0.2) is 18.2 Å². The summed E-state index contributed by atoms with van der Waals surface area (Å²) in [6.07, 6.45) is 2.93. The van der Waals surface area contributed by atoms with Crippen molar-refractivity contribution in [3.05, 3.63) is 29.3 Å². The summed E-state index contributed by atoms with van der Waals surface area (Å²) < 4.78 is 0. The number of carbonyl (C=O) groups is 1. The molecule has 0 saturated heterocycles. The van der Waals surface area contributed by atoms with E-state index in [1.54, 1.807) is 4.90 Å². The van der Waals surface area contributed by atoms with Crippen molar-refractivity contribution >= 4 is 11.6 Å². The Morgan fingerprint density at radius 2 is 2.22 bits per heavy atom. The SMILES string of the molecule is CN1C(=O)CCCc2ccc(C#CCCO)cc21. The molecule has 0 bridgehead atoms. The van der Waals surface area contributed by atoms with Gasteiger partial charge in [-0.1, -0.05) is 17.9 Å². The average Bonchev–Trinajstić information content (AvgIpc) is 2.51. The summed E-state index contributed by atoms with van der Waals surface area (Å²) >= 11 is 0. The van der Waals surface area contributed by atoms with Gasteiger partial charge in [0.2, 0.25) is 5.91 Å². The number of nitrogens with zero attached hydrogens (tertiary/aromatic N) is 1. The Labute approximate surface area is 107 Å². The van der Waals surface area contributed by atoms with E-state index in [4.69, 9.17) is 5.11 Å². The second-order valence-corrected chi connectivity index (χ2v) is 4.43. The predicted octanol–water partition coefficient (Wildman–Crippen LogP) is 1.72. The summed E-state index contributed by atoms with van der Waals surface area (Å²) in [5.74, 6) is 6.06. The second kappa shape index (κ2) is 5.70. The van der Waals surface area contributed by atoms with Gasteiger partial charge >= 0.3 is 0 Å². The Bertz CT molecular complexity index is 511. The maximum atomic E-state index is 11.8. The van der Waals surface area contributed by atoms with Gasteiger partial charge in [-0.15, -0.1) is 0 Å². The molecule has 2 rings (SSSR count). The second-order valence-electron chi connectivity index (χ2n) is 4.43. The molecule has 1 N–H and O–H groups in total. The molecule has 3 nitrogen and oxygen atoms in total. The van der Waals surface area contributed by atoms with Crippen LogP contribution in [0, 0.1) is 11.8 Å². The van der Waals surface area contributed by atoms with Crippen molar-refractivity contribution in [1.29, 1.82) is 0 Å². The van der Waals surface area contributed by atoms with Crippen LogP contribution in [0.1, 0.15) is 30.4 Å². The lowest BCUT2D eigenvalue weighted by atomic mass is 10.0. The van der Waals surface area contributed by atoms with E-state index in [2.05, 4.69) is 11.8 Å². The Hall–Kier alpha value is -1.79. The zero-order chi connectivity index (χ0) is 13.0. The standard InChI is InChI=1S/C15H17NO2/c1-16-14-11-12(5-2-3-10-17)8-9-13(14)6-4-7-15(16)18/h8-9,11,17H,3-4,6-7,10H2,1H3. The van der Waals surface area contributed by atoms with Crippen molar-refractivity contribution < 1.29 is 9.90 Å². The monoisotopic (exact) mass is 243 g/mol. The fourth-order valence-corrected chi connectivity index (χ4v) is 2.12. The summed E-state index contributed by atoms with van der Waals surface area (Å²) in [7, 11) is 1.82. The first kappa shape index (κ1) is 12.7. The highest BCUT2D eigenvalue weighted by Gasteiger charge is 2.18. The van der Waals surface area contributed by atoms with E-state index in [-0.39, 0.29) is 12.5 Å². The van der Waals surface area contributed by atoms with Crippen LogP contribution in [-0.4, -0.2) is 24.7 Å². The third kappa shape index (κ3) is 2.72. The number of aliphatic hydroxyl groups excluding tert-OH is 1. The van der Waals surface area contributed by atoms with Crippen molar-refractivity contribution in [2.45, 2.75) is 25.7 Å². The maximum absolute atomic E-state index is 11.8. The van der Waals surface area contributed by atoms with Gasteiger partial charge < -0.3 is 10.0 Å².